The number of rotatable bonds is 5. The van der Waals surface area contributed by atoms with E-state index in [0.717, 1.165) is 29.7 Å². The molecule has 3 aromatic rings. The predicted molar refractivity (Wildman–Crippen MR) is 101 cm³/mol. The summed E-state index contributed by atoms with van der Waals surface area (Å²) < 4.78 is 11.4. The number of hydrogen-bond donors (Lipinski definition) is 0. The number of hydrogen-bond acceptors (Lipinski definition) is 7. The zero-order chi connectivity index (χ0) is 19.2. The summed E-state index contributed by atoms with van der Waals surface area (Å²) >= 11 is 0. The molecule has 1 saturated heterocycles. The molecule has 0 aliphatic carbocycles. The monoisotopic (exact) mass is 373 g/mol. The largest absolute Gasteiger partial charge is 0.489 e. The van der Waals surface area contributed by atoms with Crippen LogP contribution in [0.15, 0.2) is 48.9 Å². The lowest BCUT2D eigenvalue weighted by molar-refractivity contribution is 0.0254. The van der Waals surface area contributed by atoms with Gasteiger partial charge in [-0.1, -0.05) is 0 Å². The molecule has 28 heavy (non-hydrogen) atoms. The van der Waals surface area contributed by atoms with Crippen LogP contribution >= 0.6 is 0 Å². The van der Waals surface area contributed by atoms with E-state index in [2.05, 4.69) is 26.2 Å². The fraction of sp³-hybridized carbons (Fsp3) is 0.286. The van der Waals surface area contributed by atoms with Crippen LogP contribution in [0.4, 0.5) is 0 Å². The highest BCUT2D eigenvalue weighted by Crippen LogP contribution is 2.27. The van der Waals surface area contributed by atoms with Gasteiger partial charge in [-0.15, -0.1) is 0 Å². The molecule has 0 radical (unpaired) electrons. The van der Waals surface area contributed by atoms with Crippen LogP contribution in [0, 0.1) is 11.3 Å². The van der Waals surface area contributed by atoms with Crippen LogP contribution in [-0.2, 0) is 11.2 Å². The van der Waals surface area contributed by atoms with Gasteiger partial charge in [-0.05, 0) is 35.9 Å². The van der Waals surface area contributed by atoms with Crippen molar-refractivity contribution in [2.24, 2.45) is 0 Å². The normalized spacial score (nSPS) is 14.4. The van der Waals surface area contributed by atoms with Gasteiger partial charge in [0.05, 0.1) is 30.7 Å². The number of aromatic nitrogens is 4. The minimum atomic E-state index is 0.0892. The highest BCUT2D eigenvalue weighted by atomic mass is 16.5. The van der Waals surface area contributed by atoms with Crippen LogP contribution in [0.1, 0.15) is 29.8 Å². The van der Waals surface area contributed by atoms with Gasteiger partial charge >= 0.3 is 0 Å². The third kappa shape index (κ3) is 4.30. The Kier molecular flexibility index (Phi) is 5.50. The zero-order valence-electron chi connectivity index (χ0n) is 15.3. The smallest absolute Gasteiger partial charge is 0.137 e. The fourth-order valence-electron chi connectivity index (χ4n) is 3.10. The summed E-state index contributed by atoms with van der Waals surface area (Å²) in [5, 5.41) is 17.2. The van der Waals surface area contributed by atoms with Crippen LogP contribution in [0.5, 0.6) is 5.75 Å². The van der Waals surface area contributed by atoms with Crippen molar-refractivity contribution in [3.8, 4) is 23.1 Å². The van der Waals surface area contributed by atoms with Gasteiger partial charge in [0.25, 0.3) is 0 Å². The highest BCUT2D eigenvalue weighted by molar-refractivity contribution is 5.64. The first-order chi connectivity index (χ1) is 13.8. The second-order valence-corrected chi connectivity index (χ2v) is 6.54. The summed E-state index contributed by atoms with van der Waals surface area (Å²) in [4.78, 5) is 8.97. The van der Waals surface area contributed by atoms with Crippen molar-refractivity contribution in [1.82, 2.24) is 20.2 Å². The minimum Gasteiger partial charge on any atom is -0.489 e. The predicted octanol–water partition coefficient (Wildman–Crippen LogP) is 2.95. The van der Waals surface area contributed by atoms with E-state index < -0.39 is 0 Å². The van der Waals surface area contributed by atoms with Gasteiger partial charge in [-0.2, -0.15) is 15.5 Å². The lowest BCUT2D eigenvalue weighted by Crippen LogP contribution is -2.26. The van der Waals surface area contributed by atoms with E-state index >= 15 is 0 Å². The second kappa shape index (κ2) is 8.55. The summed E-state index contributed by atoms with van der Waals surface area (Å²) in [6.07, 6.45) is 7.41. The lowest BCUT2D eigenvalue weighted by atomic mass is 10.1. The summed E-state index contributed by atoms with van der Waals surface area (Å²) in [5.74, 6) is 1.29. The van der Waals surface area contributed by atoms with E-state index in [-0.39, 0.29) is 6.10 Å². The Bertz CT molecular complexity index is 982. The fourth-order valence-corrected chi connectivity index (χ4v) is 3.10. The summed E-state index contributed by atoms with van der Waals surface area (Å²) in [7, 11) is 0. The first-order valence-electron chi connectivity index (χ1n) is 9.18. The van der Waals surface area contributed by atoms with Gasteiger partial charge in [-0.25, -0.2) is 9.97 Å². The molecule has 0 amide bonds. The molecule has 1 aliphatic rings. The topological polar surface area (TPSA) is 93.8 Å². The molecule has 0 unspecified atom stereocenters. The standard InChI is InChI=1S/C21H19N5O2/c22-13-17-12-16(1-2-20(17)28-18-5-9-27-10-6-18)19-4-7-23-21(26-19)11-15-3-8-24-25-14-15/h1-4,7-8,12,14,18H,5-6,9-11H2. The average molecular weight is 373 g/mol. The van der Waals surface area contributed by atoms with Crippen molar-refractivity contribution in [3.05, 3.63) is 65.9 Å². The van der Waals surface area contributed by atoms with Crippen molar-refractivity contribution in [1.29, 1.82) is 5.26 Å². The Morgan fingerprint density at radius 3 is 2.79 bits per heavy atom. The SMILES string of the molecule is N#Cc1cc(-c2ccnc(Cc3ccnnc3)n2)ccc1OC1CCOCC1. The van der Waals surface area contributed by atoms with Crippen LogP contribution in [0.2, 0.25) is 0 Å². The van der Waals surface area contributed by atoms with E-state index in [1.807, 2.05) is 30.3 Å². The molecule has 1 fully saturated rings. The van der Waals surface area contributed by atoms with Gasteiger partial charge in [0.15, 0.2) is 0 Å². The number of ether oxygens (including phenoxy) is 2. The van der Waals surface area contributed by atoms with Crippen molar-refractivity contribution in [3.63, 3.8) is 0 Å². The van der Waals surface area contributed by atoms with Gasteiger partial charge in [-0.3, -0.25) is 0 Å². The first kappa shape index (κ1) is 18.0. The Labute approximate surface area is 163 Å². The van der Waals surface area contributed by atoms with Gasteiger partial charge in [0, 0.05) is 37.2 Å². The van der Waals surface area contributed by atoms with E-state index in [9.17, 15) is 5.26 Å². The molecule has 140 valence electrons. The average Bonchev–Trinajstić information content (AvgIpc) is 2.76. The summed E-state index contributed by atoms with van der Waals surface area (Å²) in [6.45, 7) is 1.39. The molecule has 0 spiro atoms. The van der Waals surface area contributed by atoms with Gasteiger partial charge < -0.3 is 9.47 Å². The maximum absolute atomic E-state index is 9.57. The number of nitriles is 1. The molecule has 0 N–H and O–H groups in total. The van der Waals surface area contributed by atoms with Crippen LogP contribution in [0.3, 0.4) is 0 Å². The first-order valence-corrected chi connectivity index (χ1v) is 9.18. The number of nitrogens with zero attached hydrogens (tertiary/aromatic N) is 5. The minimum absolute atomic E-state index is 0.0892. The molecule has 3 heterocycles. The van der Waals surface area contributed by atoms with Crippen LogP contribution < -0.4 is 4.74 Å². The van der Waals surface area contributed by atoms with E-state index in [4.69, 9.17) is 9.47 Å². The Hall–Kier alpha value is -3.37. The second-order valence-electron chi connectivity index (χ2n) is 6.54. The molecule has 0 atom stereocenters. The van der Waals surface area contributed by atoms with E-state index in [1.54, 1.807) is 18.6 Å². The van der Waals surface area contributed by atoms with E-state index in [1.165, 1.54) is 0 Å². The lowest BCUT2D eigenvalue weighted by Gasteiger charge is -2.23. The van der Waals surface area contributed by atoms with Crippen molar-refractivity contribution in [2.45, 2.75) is 25.4 Å². The molecular weight excluding hydrogens is 354 g/mol. The van der Waals surface area contributed by atoms with Crippen molar-refractivity contribution in [2.75, 3.05) is 13.2 Å². The molecule has 7 heteroatoms. The Morgan fingerprint density at radius 2 is 2.00 bits per heavy atom. The number of benzene rings is 1. The van der Waals surface area contributed by atoms with Gasteiger partial charge in [0.2, 0.25) is 0 Å². The molecule has 4 rings (SSSR count). The summed E-state index contributed by atoms with van der Waals surface area (Å²) in [5.41, 5.74) is 3.11. The molecule has 1 aliphatic heterocycles. The molecule has 1 aromatic carbocycles. The molecule has 7 nitrogen and oxygen atoms in total. The van der Waals surface area contributed by atoms with Gasteiger partial charge in [0.1, 0.15) is 23.7 Å². The zero-order valence-corrected chi connectivity index (χ0v) is 15.3. The highest BCUT2D eigenvalue weighted by Gasteiger charge is 2.17. The molecule has 0 bridgehead atoms. The van der Waals surface area contributed by atoms with Crippen LogP contribution in [0.25, 0.3) is 11.3 Å². The Morgan fingerprint density at radius 1 is 1.11 bits per heavy atom. The van der Waals surface area contributed by atoms with Crippen LogP contribution in [-0.4, -0.2) is 39.5 Å². The molecular formula is C21H19N5O2. The Balaban J connectivity index is 1.55. The maximum Gasteiger partial charge on any atom is 0.137 e. The molecule has 2 aromatic heterocycles. The van der Waals surface area contributed by atoms with Crippen molar-refractivity contribution >= 4 is 0 Å². The summed E-state index contributed by atoms with van der Waals surface area (Å²) in [6, 6.07) is 11.5. The third-order valence-electron chi connectivity index (χ3n) is 4.57. The quantitative estimate of drug-likeness (QED) is 0.678. The maximum atomic E-state index is 9.57. The third-order valence-corrected chi connectivity index (χ3v) is 4.57. The van der Waals surface area contributed by atoms with E-state index in [0.29, 0.717) is 36.8 Å². The van der Waals surface area contributed by atoms with Crippen molar-refractivity contribution < 1.29 is 9.47 Å². The molecule has 0 saturated carbocycles.